The largest absolute Gasteiger partial charge is 0.393 e. The maximum atomic E-state index is 9.62. The molecule has 1 aromatic rings. The molecule has 0 bridgehead atoms. The van der Waals surface area contributed by atoms with E-state index in [0.29, 0.717) is 5.92 Å². The molecule has 0 amide bonds. The van der Waals surface area contributed by atoms with Gasteiger partial charge in [-0.15, -0.1) is 0 Å². The summed E-state index contributed by atoms with van der Waals surface area (Å²) in [5.74, 6) is 1.47. The van der Waals surface area contributed by atoms with Crippen LogP contribution in [0.3, 0.4) is 0 Å². The summed E-state index contributed by atoms with van der Waals surface area (Å²) in [5, 5.41) is 13.0. The van der Waals surface area contributed by atoms with Crippen LogP contribution in [0.25, 0.3) is 0 Å². The summed E-state index contributed by atoms with van der Waals surface area (Å²) < 4.78 is 1.04. The van der Waals surface area contributed by atoms with Gasteiger partial charge < -0.3 is 10.4 Å². The van der Waals surface area contributed by atoms with Gasteiger partial charge in [-0.05, 0) is 59.7 Å². The SMILES string of the molecule is Cc1ccnc(NCC2CCCC(O)C2)c1Br. The van der Waals surface area contributed by atoms with Crippen molar-refractivity contribution in [2.45, 2.75) is 38.7 Å². The molecule has 1 fully saturated rings. The molecular weight excluding hydrogens is 280 g/mol. The van der Waals surface area contributed by atoms with E-state index in [1.54, 1.807) is 0 Å². The van der Waals surface area contributed by atoms with Gasteiger partial charge in [-0.25, -0.2) is 4.98 Å². The van der Waals surface area contributed by atoms with Crippen LogP contribution in [0.4, 0.5) is 5.82 Å². The number of rotatable bonds is 3. The van der Waals surface area contributed by atoms with Crippen molar-refractivity contribution in [3.05, 3.63) is 22.3 Å². The van der Waals surface area contributed by atoms with E-state index in [1.165, 1.54) is 12.0 Å². The lowest BCUT2D eigenvalue weighted by molar-refractivity contribution is 0.104. The maximum Gasteiger partial charge on any atom is 0.140 e. The third-order valence-electron chi connectivity index (χ3n) is 3.40. The number of aliphatic hydroxyl groups excluding tert-OH is 1. The lowest BCUT2D eigenvalue weighted by Crippen LogP contribution is -2.25. The van der Waals surface area contributed by atoms with Gasteiger partial charge in [-0.2, -0.15) is 0 Å². The molecule has 4 heteroatoms. The van der Waals surface area contributed by atoms with Gasteiger partial charge >= 0.3 is 0 Å². The zero-order chi connectivity index (χ0) is 12.3. The Hall–Kier alpha value is -0.610. The maximum absolute atomic E-state index is 9.62. The van der Waals surface area contributed by atoms with Crippen molar-refractivity contribution in [3.8, 4) is 0 Å². The Morgan fingerprint density at radius 2 is 2.35 bits per heavy atom. The first-order valence-electron chi connectivity index (χ1n) is 6.20. The highest BCUT2D eigenvalue weighted by Crippen LogP contribution is 2.27. The lowest BCUT2D eigenvalue weighted by Gasteiger charge is -2.26. The summed E-state index contributed by atoms with van der Waals surface area (Å²) in [6.45, 7) is 2.95. The molecule has 0 saturated heterocycles. The molecule has 1 saturated carbocycles. The van der Waals surface area contributed by atoms with E-state index in [9.17, 15) is 5.11 Å². The molecule has 0 aromatic carbocycles. The minimum atomic E-state index is -0.107. The highest BCUT2D eigenvalue weighted by atomic mass is 79.9. The van der Waals surface area contributed by atoms with Crippen molar-refractivity contribution in [2.24, 2.45) is 5.92 Å². The quantitative estimate of drug-likeness (QED) is 0.901. The molecule has 1 aliphatic rings. The van der Waals surface area contributed by atoms with E-state index in [2.05, 4.69) is 33.2 Å². The zero-order valence-electron chi connectivity index (χ0n) is 10.1. The average Bonchev–Trinajstić information content (AvgIpc) is 2.31. The molecule has 1 aromatic heterocycles. The minimum Gasteiger partial charge on any atom is -0.393 e. The number of aryl methyl sites for hydroxylation is 1. The number of halogens is 1. The first kappa shape index (κ1) is 12.8. The number of pyridine rings is 1. The fourth-order valence-corrected chi connectivity index (χ4v) is 2.73. The fourth-order valence-electron chi connectivity index (χ4n) is 2.35. The van der Waals surface area contributed by atoms with Crippen molar-refractivity contribution in [1.29, 1.82) is 0 Å². The van der Waals surface area contributed by atoms with Crippen molar-refractivity contribution in [1.82, 2.24) is 4.98 Å². The van der Waals surface area contributed by atoms with Crippen LogP contribution in [0.5, 0.6) is 0 Å². The van der Waals surface area contributed by atoms with Crippen LogP contribution >= 0.6 is 15.9 Å². The highest BCUT2D eigenvalue weighted by Gasteiger charge is 2.20. The predicted molar refractivity (Wildman–Crippen MR) is 73.1 cm³/mol. The van der Waals surface area contributed by atoms with Crippen LogP contribution in [-0.4, -0.2) is 22.7 Å². The van der Waals surface area contributed by atoms with Crippen molar-refractivity contribution in [3.63, 3.8) is 0 Å². The number of hydrogen-bond acceptors (Lipinski definition) is 3. The van der Waals surface area contributed by atoms with E-state index >= 15 is 0 Å². The van der Waals surface area contributed by atoms with E-state index in [4.69, 9.17) is 0 Å². The Kier molecular flexibility index (Phi) is 4.40. The third-order valence-corrected chi connectivity index (χ3v) is 4.40. The van der Waals surface area contributed by atoms with Gasteiger partial charge in [0.25, 0.3) is 0 Å². The Morgan fingerprint density at radius 1 is 1.53 bits per heavy atom. The fraction of sp³-hybridized carbons (Fsp3) is 0.615. The summed E-state index contributed by atoms with van der Waals surface area (Å²) in [6, 6.07) is 1.99. The van der Waals surface area contributed by atoms with Crippen LogP contribution < -0.4 is 5.32 Å². The molecule has 17 heavy (non-hydrogen) atoms. The smallest absolute Gasteiger partial charge is 0.140 e. The number of nitrogens with one attached hydrogen (secondary N) is 1. The molecule has 2 unspecified atom stereocenters. The Morgan fingerprint density at radius 3 is 3.12 bits per heavy atom. The van der Waals surface area contributed by atoms with Crippen molar-refractivity contribution >= 4 is 21.7 Å². The topological polar surface area (TPSA) is 45.2 Å². The molecule has 2 rings (SSSR count). The van der Waals surface area contributed by atoms with Crippen LogP contribution in [-0.2, 0) is 0 Å². The van der Waals surface area contributed by atoms with Gasteiger partial charge in [0.05, 0.1) is 10.6 Å². The standard InChI is InChI=1S/C13H19BrN2O/c1-9-5-6-15-13(12(9)14)16-8-10-3-2-4-11(17)7-10/h5-6,10-11,17H,2-4,7-8H2,1H3,(H,15,16). The summed E-state index contributed by atoms with van der Waals surface area (Å²) in [4.78, 5) is 4.32. The minimum absolute atomic E-state index is 0.107. The highest BCUT2D eigenvalue weighted by molar-refractivity contribution is 9.10. The molecule has 3 nitrogen and oxygen atoms in total. The number of hydrogen-bond donors (Lipinski definition) is 2. The summed E-state index contributed by atoms with van der Waals surface area (Å²) >= 11 is 3.54. The first-order valence-corrected chi connectivity index (χ1v) is 6.99. The summed E-state index contributed by atoms with van der Waals surface area (Å²) in [6.07, 6.45) is 5.92. The molecular formula is C13H19BrN2O. The molecule has 0 aliphatic heterocycles. The lowest BCUT2D eigenvalue weighted by atomic mass is 9.87. The number of nitrogens with zero attached hydrogens (tertiary/aromatic N) is 1. The zero-order valence-corrected chi connectivity index (χ0v) is 11.7. The van der Waals surface area contributed by atoms with Crippen LogP contribution in [0.15, 0.2) is 16.7 Å². The molecule has 0 radical (unpaired) electrons. The van der Waals surface area contributed by atoms with Gasteiger partial charge in [0, 0.05) is 12.7 Å². The second kappa shape index (κ2) is 5.83. The van der Waals surface area contributed by atoms with E-state index in [0.717, 1.165) is 36.1 Å². The molecule has 0 spiro atoms. The molecule has 1 heterocycles. The average molecular weight is 299 g/mol. The molecule has 1 aliphatic carbocycles. The second-order valence-corrected chi connectivity index (χ2v) is 5.65. The van der Waals surface area contributed by atoms with E-state index in [-0.39, 0.29) is 6.10 Å². The third kappa shape index (κ3) is 3.42. The molecule has 2 N–H and O–H groups in total. The van der Waals surface area contributed by atoms with Gasteiger partial charge in [0.15, 0.2) is 0 Å². The molecule has 94 valence electrons. The van der Waals surface area contributed by atoms with Crippen LogP contribution in [0.1, 0.15) is 31.2 Å². The predicted octanol–water partition coefficient (Wildman–Crippen LogP) is 3.12. The van der Waals surface area contributed by atoms with Gasteiger partial charge in [0.1, 0.15) is 5.82 Å². The second-order valence-electron chi connectivity index (χ2n) is 4.86. The number of aromatic nitrogens is 1. The van der Waals surface area contributed by atoms with Gasteiger partial charge in [0.2, 0.25) is 0 Å². The normalized spacial score (nSPS) is 24.6. The first-order chi connectivity index (χ1) is 8.16. The Labute approximate surface area is 111 Å². The van der Waals surface area contributed by atoms with Crippen molar-refractivity contribution < 1.29 is 5.11 Å². The molecule has 2 atom stereocenters. The monoisotopic (exact) mass is 298 g/mol. The van der Waals surface area contributed by atoms with Gasteiger partial charge in [-0.1, -0.05) is 6.42 Å². The Balaban J connectivity index is 1.91. The number of anilines is 1. The van der Waals surface area contributed by atoms with Crippen molar-refractivity contribution in [2.75, 3.05) is 11.9 Å². The number of aliphatic hydroxyl groups is 1. The van der Waals surface area contributed by atoms with Crippen LogP contribution in [0, 0.1) is 12.8 Å². The van der Waals surface area contributed by atoms with E-state index < -0.39 is 0 Å². The summed E-state index contributed by atoms with van der Waals surface area (Å²) in [5.41, 5.74) is 1.19. The van der Waals surface area contributed by atoms with Crippen LogP contribution in [0.2, 0.25) is 0 Å². The van der Waals surface area contributed by atoms with Gasteiger partial charge in [-0.3, -0.25) is 0 Å². The Bertz CT molecular complexity index is 384. The van der Waals surface area contributed by atoms with E-state index in [1.807, 2.05) is 12.3 Å². The summed E-state index contributed by atoms with van der Waals surface area (Å²) in [7, 11) is 0.